The topological polar surface area (TPSA) is 107 Å². The number of nitro benzene ring substituents is 1. The minimum absolute atomic E-state index is 0.0507. The van der Waals surface area contributed by atoms with Crippen LogP contribution < -0.4 is 14.4 Å². The number of aromatic nitrogens is 1. The Morgan fingerprint density at radius 1 is 1.19 bits per heavy atom. The zero-order valence-electron chi connectivity index (χ0n) is 17.2. The minimum Gasteiger partial charge on any atom is -0.493 e. The summed E-state index contributed by atoms with van der Waals surface area (Å²) in [5, 5.41) is 12.2. The van der Waals surface area contributed by atoms with Crippen molar-refractivity contribution in [1.82, 2.24) is 9.88 Å². The molecule has 3 rings (SSSR count). The van der Waals surface area contributed by atoms with Gasteiger partial charge in [-0.1, -0.05) is 11.6 Å². The number of rotatable bonds is 8. The molecule has 31 heavy (non-hydrogen) atoms. The Kier molecular flexibility index (Phi) is 7.48. The Balaban J connectivity index is 1.79. The molecule has 0 radical (unpaired) electrons. The molecule has 0 bridgehead atoms. The third kappa shape index (κ3) is 5.15. The highest BCUT2D eigenvalue weighted by molar-refractivity contribution is 6.32. The SMILES string of the molecule is COCCOc1cc([N+](=O)[O-])c(C(=O)N2CCN(c3ncccc3Cl)CC2)cc1OC. The number of methoxy groups -OCH3 is 2. The summed E-state index contributed by atoms with van der Waals surface area (Å²) in [7, 11) is 2.93. The minimum atomic E-state index is -0.597. The fourth-order valence-electron chi connectivity index (χ4n) is 3.28. The highest BCUT2D eigenvalue weighted by Gasteiger charge is 2.30. The molecule has 1 fully saturated rings. The fourth-order valence-corrected chi connectivity index (χ4v) is 3.52. The molecule has 166 valence electrons. The first-order chi connectivity index (χ1) is 15.0. The number of halogens is 1. The number of pyridine rings is 1. The van der Waals surface area contributed by atoms with Crippen molar-refractivity contribution in [3.63, 3.8) is 0 Å². The van der Waals surface area contributed by atoms with E-state index in [0.717, 1.165) is 0 Å². The van der Waals surface area contributed by atoms with Gasteiger partial charge in [-0.2, -0.15) is 0 Å². The van der Waals surface area contributed by atoms with Crippen LogP contribution in [0.5, 0.6) is 11.5 Å². The molecule has 1 aromatic heterocycles. The van der Waals surface area contributed by atoms with Crippen LogP contribution in [-0.4, -0.2) is 74.3 Å². The van der Waals surface area contributed by atoms with Crippen molar-refractivity contribution in [3.05, 3.63) is 51.2 Å². The second-order valence-corrected chi connectivity index (χ2v) is 7.11. The van der Waals surface area contributed by atoms with Gasteiger partial charge in [0.2, 0.25) is 0 Å². The zero-order valence-corrected chi connectivity index (χ0v) is 18.0. The van der Waals surface area contributed by atoms with E-state index in [1.165, 1.54) is 26.4 Å². The highest BCUT2D eigenvalue weighted by atomic mass is 35.5. The van der Waals surface area contributed by atoms with Gasteiger partial charge >= 0.3 is 0 Å². The largest absolute Gasteiger partial charge is 0.493 e. The second-order valence-electron chi connectivity index (χ2n) is 6.71. The summed E-state index contributed by atoms with van der Waals surface area (Å²) in [6.07, 6.45) is 1.66. The van der Waals surface area contributed by atoms with E-state index < -0.39 is 10.8 Å². The van der Waals surface area contributed by atoms with Gasteiger partial charge in [0.1, 0.15) is 18.0 Å². The molecule has 0 N–H and O–H groups in total. The number of nitro groups is 1. The molecule has 1 amide bonds. The van der Waals surface area contributed by atoms with Crippen molar-refractivity contribution in [2.45, 2.75) is 0 Å². The molecule has 11 heteroatoms. The van der Waals surface area contributed by atoms with E-state index in [-0.39, 0.29) is 29.4 Å². The summed E-state index contributed by atoms with van der Waals surface area (Å²) in [5.41, 5.74) is -0.390. The third-order valence-electron chi connectivity index (χ3n) is 4.86. The van der Waals surface area contributed by atoms with Crippen LogP contribution in [0.4, 0.5) is 11.5 Å². The van der Waals surface area contributed by atoms with Crippen LogP contribution in [0.15, 0.2) is 30.5 Å². The number of amides is 1. The van der Waals surface area contributed by atoms with Gasteiger partial charge in [-0.3, -0.25) is 14.9 Å². The van der Waals surface area contributed by atoms with E-state index >= 15 is 0 Å². The van der Waals surface area contributed by atoms with Crippen LogP contribution in [0.1, 0.15) is 10.4 Å². The van der Waals surface area contributed by atoms with E-state index in [0.29, 0.717) is 43.6 Å². The third-order valence-corrected chi connectivity index (χ3v) is 5.15. The Morgan fingerprint density at radius 2 is 1.94 bits per heavy atom. The number of carbonyl (C=O) groups is 1. The summed E-state index contributed by atoms with van der Waals surface area (Å²) in [6.45, 7) is 2.25. The van der Waals surface area contributed by atoms with Crippen LogP contribution in [0.3, 0.4) is 0 Å². The van der Waals surface area contributed by atoms with Crippen molar-refractivity contribution in [2.24, 2.45) is 0 Å². The van der Waals surface area contributed by atoms with Crippen LogP contribution in [0, 0.1) is 10.1 Å². The van der Waals surface area contributed by atoms with Gasteiger partial charge in [0, 0.05) is 45.6 Å². The molecule has 0 spiro atoms. The van der Waals surface area contributed by atoms with E-state index in [2.05, 4.69) is 4.98 Å². The smallest absolute Gasteiger partial charge is 0.286 e. The maximum absolute atomic E-state index is 13.1. The Bertz CT molecular complexity index is 949. The van der Waals surface area contributed by atoms with Gasteiger partial charge in [-0.25, -0.2) is 4.98 Å². The molecular formula is C20H23ClN4O6. The number of hydrogen-bond acceptors (Lipinski definition) is 8. The first-order valence-corrected chi connectivity index (χ1v) is 9.97. The van der Waals surface area contributed by atoms with Gasteiger partial charge in [0.15, 0.2) is 11.5 Å². The highest BCUT2D eigenvalue weighted by Crippen LogP contribution is 2.35. The maximum atomic E-state index is 13.1. The van der Waals surface area contributed by atoms with E-state index in [9.17, 15) is 14.9 Å². The lowest BCUT2D eigenvalue weighted by Gasteiger charge is -2.35. The lowest BCUT2D eigenvalue weighted by atomic mass is 10.1. The van der Waals surface area contributed by atoms with Crippen LogP contribution in [-0.2, 0) is 4.74 Å². The molecular weight excluding hydrogens is 428 g/mol. The van der Waals surface area contributed by atoms with Crippen LogP contribution in [0.2, 0.25) is 5.02 Å². The standard InChI is InChI=1S/C20H23ClN4O6/c1-29-10-11-31-18-13-16(25(27)28)14(12-17(18)30-2)20(26)24-8-6-23(7-9-24)19-15(21)4-3-5-22-19/h3-5,12-13H,6-11H2,1-2H3. The molecule has 2 aromatic rings. The van der Waals surface area contributed by atoms with Crippen molar-refractivity contribution in [2.75, 3.05) is 58.5 Å². The number of nitrogens with zero attached hydrogens (tertiary/aromatic N) is 4. The summed E-state index contributed by atoms with van der Waals surface area (Å²) in [4.78, 5) is 32.0. The van der Waals surface area contributed by atoms with E-state index in [1.54, 1.807) is 23.2 Å². The predicted octanol–water partition coefficient (Wildman–Crippen LogP) is 2.64. The molecule has 2 heterocycles. The quantitative estimate of drug-likeness (QED) is 0.343. The lowest BCUT2D eigenvalue weighted by Crippen LogP contribution is -2.49. The fraction of sp³-hybridized carbons (Fsp3) is 0.400. The molecule has 0 unspecified atom stereocenters. The first kappa shape index (κ1) is 22.6. The summed E-state index contributed by atoms with van der Waals surface area (Å²) in [5.74, 6) is 0.628. The second kappa shape index (κ2) is 10.3. The molecule has 1 aliphatic heterocycles. The Labute approximate surface area is 184 Å². The van der Waals surface area contributed by atoms with Crippen molar-refractivity contribution >= 4 is 29.0 Å². The summed E-state index contributed by atoms with van der Waals surface area (Å²) < 4.78 is 15.7. The van der Waals surface area contributed by atoms with Crippen LogP contribution in [0.25, 0.3) is 0 Å². The molecule has 10 nitrogen and oxygen atoms in total. The maximum Gasteiger partial charge on any atom is 0.286 e. The first-order valence-electron chi connectivity index (χ1n) is 9.59. The lowest BCUT2D eigenvalue weighted by molar-refractivity contribution is -0.385. The molecule has 0 saturated carbocycles. The van der Waals surface area contributed by atoms with Crippen molar-refractivity contribution < 1.29 is 23.9 Å². The van der Waals surface area contributed by atoms with Crippen molar-refractivity contribution in [3.8, 4) is 11.5 Å². The zero-order chi connectivity index (χ0) is 22.4. The van der Waals surface area contributed by atoms with Crippen molar-refractivity contribution in [1.29, 1.82) is 0 Å². The number of piperazine rings is 1. The van der Waals surface area contributed by atoms with Gasteiger partial charge in [0.05, 0.1) is 29.7 Å². The van der Waals surface area contributed by atoms with E-state index in [1.807, 2.05) is 4.90 Å². The number of carbonyl (C=O) groups excluding carboxylic acids is 1. The van der Waals surface area contributed by atoms with Crippen LogP contribution >= 0.6 is 11.6 Å². The van der Waals surface area contributed by atoms with E-state index in [4.69, 9.17) is 25.8 Å². The normalized spacial score (nSPS) is 13.8. The molecule has 0 atom stereocenters. The summed E-state index contributed by atoms with van der Waals surface area (Å²) in [6, 6.07) is 6.07. The Hall–Kier alpha value is -3.11. The Morgan fingerprint density at radius 3 is 2.55 bits per heavy atom. The number of hydrogen-bond donors (Lipinski definition) is 0. The predicted molar refractivity (Wildman–Crippen MR) is 114 cm³/mol. The summed E-state index contributed by atoms with van der Waals surface area (Å²) >= 11 is 6.21. The van der Waals surface area contributed by atoms with Gasteiger partial charge in [0.25, 0.3) is 11.6 Å². The monoisotopic (exact) mass is 450 g/mol. The molecule has 1 saturated heterocycles. The van der Waals surface area contributed by atoms with Gasteiger partial charge in [-0.15, -0.1) is 0 Å². The molecule has 1 aliphatic rings. The number of anilines is 1. The molecule has 1 aromatic carbocycles. The number of ether oxygens (including phenoxy) is 3. The van der Waals surface area contributed by atoms with Gasteiger partial charge < -0.3 is 24.0 Å². The average molecular weight is 451 g/mol. The number of benzene rings is 1. The van der Waals surface area contributed by atoms with Gasteiger partial charge in [-0.05, 0) is 12.1 Å². The molecule has 0 aliphatic carbocycles. The average Bonchev–Trinajstić information content (AvgIpc) is 2.79.